The fourth-order valence-electron chi connectivity index (χ4n) is 8.07. The Bertz CT molecular complexity index is 1790. The molecule has 24 nitrogen and oxygen atoms in total. The molecule has 3 spiro atoms. The van der Waals surface area contributed by atoms with Gasteiger partial charge < -0.3 is 99.1 Å². The second kappa shape index (κ2) is 24.5. The number of hydrogen-bond donors (Lipinski definition) is 0. The highest BCUT2D eigenvalue weighted by Gasteiger charge is 2.75. The summed E-state index contributed by atoms with van der Waals surface area (Å²) in [6, 6.07) is 0. The Balaban J connectivity index is 1.61. The molecule has 6 aliphatic rings. The number of hydrogen-bond acceptors (Lipinski definition) is 24. The fourth-order valence-corrected chi connectivity index (χ4v) is 123. The van der Waals surface area contributed by atoms with E-state index in [1.165, 1.54) is 0 Å². The van der Waals surface area contributed by atoms with Crippen molar-refractivity contribution in [3.63, 3.8) is 0 Å². The Morgan fingerprint density at radius 1 is 0.634 bits per heavy atom. The molecule has 7 bridgehead atoms. The van der Waals surface area contributed by atoms with Gasteiger partial charge in [-0.1, -0.05) is 19.6 Å². The van der Waals surface area contributed by atoms with Crippen LogP contribution in [0.1, 0.15) is 0 Å². The van der Waals surface area contributed by atoms with Crippen LogP contribution in [0.15, 0.2) is 0 Å². The summed E-state index contributed by atoms with van der Waals surface area (Å²) in [7, 11) is -65.8. The Kier molecular flexibility index (Phi) is 22.1. The second-order valence-electron chi connectivity index (χ2n) is 21.7. The van der Waals surface area contributed by atoms with E-state index in [1.54, 1.807) is 0 Å². The molecule has 0 N–H and O–H groups in total. The maximum atomic E-state index is 7.59. The normalized spacial score (nSPS) is 42.4. The average Bonchev–Trinajstić information content (AvgIpc) is 3.36. The lowest BCUT2D eigenvalue weighted by molar-refractivity contribution is 0.0593. The maximum Gasteiger partial charge on any atom is 0.646 e. The van der Waals surface area contributed by atoms with Crippen LogP contribution in [0, 0.1) is 0 Å². The predicted octanol–water partition coefficient (Wildman–Crippen LogP) is 0.00220. The highest BCUT2D eigenvalue weighted by atomic mass is 29.3. The van der Waals surface area contributed by atoms with Gasteiger partial charge in [0, 0.05) is 25.3 Å². The van der Waals surface area contributed by atoms with Crippen molar-refractivity contribution in [3.05, 3.63) is 0 Å². The SMILES string of the molecule is C[SiH](C)O[SiH](C)O[SiH](C)[Si]1O[SiH](C)O[Si]2(C)O[Si](C)(O[SiH](C)C)O[SiH]3O[Si]4(C)O[Si](O1)(O[SiH]([Si](C)(C)C)O[Si](C)(C)O[SiH](C)OC[Si]15O[Si]C[Si]3(O[SiH](O[SiH](C)O[Si](C)(C)C)O[SiH](O[Si](C)(C)O1)O5)O4)O2. The fraction of sp³-hybridized carbons (Fsp3) is 1.00. The van der Waals surface area contributed by atoms with Gasteiger partial charge in [-0.15, -0.1) is 0 Å². The van der Waals surface area contributed by atoms with Crippen molar-refractivity contribution < 1.29 is 99.1 Å². The third kappa shape index (κ3) is 18.5. The molecule has 413 valence electrons. The van der Waals surface area contributed by atoms with Gasteiger partial charge in [0.25, 0.3) is 27.4 Å². The highest BCUT2D eigenvalue weighted by Crippen LogP contribution is 2.43. The first-order valence-electron chi connectivity index (χ1n) is 24.2. The van der Waals surface area contributed by atoms with Crippen molar-refractivity contribution in [2.75, 3.05) is 6.23 Å². The van der Waals surface area contributed by atoms with Crippen LogP contribution in [-0.4, -0.2) is 211 Å². The van der Waals surface area contributed by atoms with Crippen molar-refractivity contribution in [1.29, 1.82) is 0 Å². The van der Waals surface area contributed by atoms with E-state index in [4.69, 9.17) is 99.1 Å². The lowest BCUT2D eigenvalue weighted by Gasteiger charge is -2.48. The van der Waals surface area contributed by atoms with Gasteiger partial charge in [-0.25, -0.2) is 0 Å². The molecule has 6 rings (SSSR count). The molecule has 0 aromatic carbocycles. The Morgan fingerprint density at radius 2 is 1.30 bits per heavy atom. The van der Waals surface area contributed by atoms with Crippen LogP contribution in [0.2, 0.25) is 150 Å². The van der Waals surface area contributed by atoms with Crippen molar-refractivity contribution >= 4 is 204 Å². The van der Waals surface area contributed by atoms with Gasteiger partial charge in [0.15, 0.2) is 26.4 Å². The molecule has 6 aliphatic heterocycles. The summed E-state index contributed by atoms with van der Waals surface area (Å²) in [5, 5.41) is 0. The zero-order chi connectivity index (χ0) is 53.0. The zero-order valence-corrected chi connectivity index (χ0v) is 70.3. The van der Waals surface area contributed by atoms with Crippen LogP contribution in [0.4, 0.5) is 0 Å². The van der Waals surface area contributed by atoms with Gasteiger partial charge in [0.1, 0.15) is 6.23 Å². The first-order valence-corrected chi connectivity index (χ1v) is 77.1. The Labute approximate surface area is 455 Å². The van der Waals surface area contributed by atoms with Gasteiger partial charge in [0.2, 0.25) is 18.3 Å². The summed E-state index contributed by atoms with van der Waals surface area (Å²) in [4.78, 5) is 0. The van der Waals surface area contributed by atoms with Crippen molar-refractivity contribution in [2.24, 2.45) is 0 Å². The number of rotatable bonds is 12. The van der Waals surface area contributed by atoms with Crippen LogP contribution in [0.3, 0.4) is 0 Å². The van der Waals surface area contributed by atoms with E-state index in [9.17, 15) is 0 Å². The summed E-state index contributed by atoms with van der Waals surface area (Å²) < 4.78 is 170. The van der Waals surface area contributed by atoms with Gasteiger partial charge in [-0.3, -0.25) is 0 Å². The molecular formula is C24H81O24Si23. The molecule has 47 heteroatoms. The molecule has 0 saturated carbocycles. The predicted molar refractivity (Wildman–Crippen MR) is 312 cm³/mol. The van der Waals surface area contributed by atoms with E-state index in [-0.39, 0.29) is 21.7 Å². The lowest BCUT2D eigenvalue weighted by atomic mass is 11.7. The molecule has 15 unspecified atom stereocenters. The van der Waals surface area contributed by atoms with E-state index >= 15 is 0 Å². The maximum absolute atomic E-state index is 7.59. The first-order chi connectivity index (χ1) is 32.3. The minimum Gasteiger partial charge on any atom is -0.442 e. The molecule has 0 aromatic rings. The van der Waals surface area contributed by atoms with E-state index in [2.05, 4.69) is 72.0 Å². The van der Waals surface area contributed by atoms with Crippen LogP contribution in [-0.2, 0) is 99.1 Å². The number of fused-ring (bicyclic) bond motifs is 5. The average molecular weight is 1400 g/mol. The molecule has 0 aromatic heterocycles. The molecule has 15 atom stereocenters. The smallest absolute Gasteiger partial charge is 0.442 e. The summed E-state index contributed by atoms with van der Waals surface area (Å²) in [5.74, 6) is 0. The summed E-state index contributed by atoms with van der Waals surface area (Å²) in [5.41, 5.74) is 0.208. The summed E-state index contributed by atoms with van der Waals surface area (Å²) >= 11 is 0. The largest absolute Gasteiger partial charge is 0.646 e. The summed E-state index contributed by atoms with van der Waals surface area (Å²) in [6.45, 7) is 44.8. The molecule has 3 radical (unpaired) electrons. The van der Waals surface area contributed by atoms with Crippen LogP contribution >= 0.6 is 0 Å². The van der Waals surface area contributed by atoms with Gasteiger partial charge in [0.05, 0.1) is 7.59 Å². The molecule has 0 amide bonds. The molecule has 6 fully saturated rings. The van der Waals surface area contributed by atoms with Crippen LogP contribution < -0.4 is 0 Å². The minimum absolute atomic E-state index is 0.0156. The molecule has 6 saturated heterocycles. The van der Waals surface area contributed by atoms with Crippen molar-refractivity contribution in [1.82, 2.24) is 0 Å². The zero-order valence-electron chi connectivity index (χ0n) is 45.6. The topological polar surface area (TPSA) is 222 Å². The van der Waals surface area contributed by atoms with Crippen LogP contribution in [0.25, 0.3) is 0 Å². The standard InChI is InChI=1S/C24H81O24Si23/c1-50(2)27-53(6)28-56(9)59-30-55(8)35-67(21)45-66(20,32-51(3)4)41-61-42-68(22)46-70(61)24-49-26-69(37-58(36-65(18,19)44-69)31-57(38-70)29-54(7)33-62(10,11)12)23-25-52(5)34-64(16,17)40-60(63(13,14)15)43-71(39-59,47-67)48-68/h50-58,60-61H,23-24H2,1-22H3. The van der Waals surface area contributed by atoms with Gasteiger partial charge in [-0.2, -0.15) is 0 Å². The molecule has 6 heterocycles. The third-order valence-electron chi connectivity index (χ3n) is 10.1. The molecule has 0 aliphatic carbocycles. The highest BCUT2D eigenvalue weighted by molar-refractivity contribution is 7.32. The Hall–Kier alpha value is 4.03. The quantitative estimate of drug-likeness (QED) is 0.235. The van der Waals surface area contributed by atoms with Crippen molar-refractivity contribution in [2.45, 2.75) is 150 Å². The van der Waals surface area contributed by atoms with E-state index in [0.29, 0.717) is 0 Å². The molecular weight excluding hydrogens is 1320 g/mol. The molecule has 71 heavy (non-hydrogen) atoms. The monoisotopic (exact) mass is 1400 g/mol. The third-order valence-corrected chi connectivity index (χ3v) is 100. The lowest BCUT2D eigenvalue weighted by Crippen LogP contribution is -2.74. The van der Waals surface area contributed by atoms with E-state index in [0.717, 1.165) is 0 Å². The van der Waals surface area contributed by atoms with E-state index < -0.39 is 195 Å². The van der Waals surface area contributed by atoms with Gasteiger partial charge >= 0.3 is 125 Å². The van der Waals surface area contributed by atoms with Crippen LogP contribution in [0.5, 0.6) is 0 Å². The second-order valence-corrected chi connectivity index (χ2v) is 96.8. The minimum atomic E-state index is -4.73. The van der Waals surface area contributed by atoms with Crippen molar-refractivity contribution in [3.8, 4) is 0 Å². The first kappa shape index (κ1) is 64.2. The van der Waals surface area contributed by atoms with Gasteiger partial charge in [-0.05, 0) is 105 Å². The van der Waals surface area contributed by atoms with E-state index in [1.807, 2.05) is 72.0 Å². The summed E-state index contributed by atoms with van der Waals surface area (Å²) in [6.07, 6.45) is 0.0156. The Morgan fingerprint density at radius 3 is 1.92 bits per heavy atom.